The predicted octanol–water partition coefficient (Wildman–Crippen LogP) is 2.12. The van der Waals surface area contributed by atoms with Gasteiger partial charge in [0.2, 0.25) is 0 Å². The van der Waals surface area contributed by atoms with Crippen molar-refractivity contribution in [2.24, 2.45) is 5.41 Å². The Hall–Kier alpha value is -2.34. The van der Waals surface area contributed by atoms with Gasteiger partial charge in [0.25, 0.3) is 5.91 Å². The summed E-state index contributed by atoms with van der Waals surface area (Å²) in [4.78, 5) is 29.2. The number of H-pyrrole nitrogens is 1. The van der Waals surface area contributed by atoms with E-state index in [1.807, 2.05) is 30.3 Å². The van der Waals surface area contributed by atoms with Crippen LogP contribution < -0.4 is 0 Å². The number of rotatable bonds is 4. The molecule has 0 bridgehead atoms. The van der Waals surface area contributed by atoms with Crippen LogP contribution >= 0.6 is 0 Å². The molecule has 1 aromatic heterocycles. The van der Waals surface area contributed by atoms with Gasteiger partial charge in [0.1, 0.15) is 11.1 Å². The molecule has 23 heavy (non-hydrogen) atoms. The Kier molecular flexibility index (Phi) is 4.09. The molecule has 2 N–H and O–H groups in total. The molecule has 6 nitrogen and oxygen atoms in total. The zero-order chi connectivity index (χ0) is 16.4. The number of fused-ring (bicyclic) bond motifs is 1. The topological polar surface area (TPSA) is 82.6 Å². The number of likely N-dealkylation sites (tertiary alicyclic amines) is 1. The van der Waals surface area contributed by atoms with Gasteiger partial charge in [-0.2, -0.15) is 0 Å². The highest BCUT2D eigenvalue weighted by Gasteiger charge is 2.44. The first-order valence-electron chi connectivity index (χ1n) is 7.65. The van der Waals surface area contributed by atoms with Crippen LogP contribution in [0.2, 0.25) is 0 Å². The summed E-state index contributed by atoms with van der Waals surface area (Å²) in [6.45, 7) is 0.843. The van der Waals surface area contributed by atoms with Crippen LogP contribution in [0.25, 0.3) is 10.9 Å². The third-order valence-corrected chi connectivity index (χ3v) is 4.50. The summed E-state index contributed by atoms with van der Waals surface area (Å²) in [5.41, 5.74) is 0.369. The zero-order valence-corrected chi connectivity index (χ0v) is 13.0. The first kappa shape index (κ1) is 15.6. The number of aromatic amines is 1. The fourth-order valence-corrected chi connectivity index (χ4v) is 3.29. The van der Waals surface area contributed by atoms with Gasteiger partial charge in [-0.25, -0.2) is 0 Å². The molecule has 1 aliphatic heterocycles. The Bertz CT molecular complexity index is 702. The van der Waals surface area contributed by atoms with Gasteiger partial charge >= 0.3 is 5.97 Å². The smallest absolute Gasteiger partial charge is 0.313 e. The number of hydrogen-bond acceptors (Lipinski definition) is 3. The van der Waals surface area contributed by atoms with Crippen LogP contribution in [0.4, 0.5) is 0 Å². The molecular weight excluding hydrogens is 296 g/mol. The van der Waals surface area contributed by atoms with E-state index >= 15 is 0 Å². The van der Waals surface area contributed by atoms with Gasteiger partial charge in [-0.15, -0.1) is 0 Å². The van der Waals surface area contributed by atoms with Gasteiger partial charge < -0.3 is 19.7 Å². The number of carboxylic acid groups (broad SMARTS) is 1. The summed E-state index contributed by atoms with van der Waals surface area (Å²) >= 11 is 0. The maximum Gasteiger partial charge on any atom is 0.313 e. The number of ether oxygens (including phenoxy) is 1. The van der Waals surface area contributed by atoms with Crippen LogP contribution in [0, 0.1) is 5.41 Å². The number of carboxylic acids is 1. The number of nitrogens with zero attached hydrogens (tertiary/aromatic N) is 1. The molecule has 1 fully saturated rings. The third-order valence-electron chi connectivity index (χ3n) is 4.50. The van der Waals surface area contributed by atoms with Crippen molar-refractivity contribution in [3.8, 4) is 0 Å². The van der Waals surface area contributed by atoms with Gasteiger partial charge in [-0.05, 0) is 25.0 Å². The highest BCUT2D eigenvalue weighted by molar-refractivity contribution is 5.98. The highest BCUT2D eigenvalue weighted by Crippen LogP contribution is 2.31. The number of methoxy groups -OCH3 is 1. The van der Waals surface area contributed by atoms with Crippen LogP contribution in [0.5, 0.6) is 0 Å². The minimum absolute atomic E-state index is 0.110. The predicted molar refractivity (Wildman–Crippen MR) is 85.4 cm³/mol. The van der Waals surface area contributed by atoms with Crippen molar-refractivity contribution < 1.29 is 19.4 Å². The number of carbonyl (C=O) groups excluding carboxylic acids is 1. The van der Waals surface area contributed by atoms with E-state index in [2.05, 4.69) is 4.98 Å². The average Bonchev–Trinajstić information content (AvgIpc) is 2.98. The van der Waals surface area contributed by atoms with Crippen molar-refractivity contribution in [2.75, 3.05) is 26.8 Å². The number of para-hydroxylation sites is 1. The molecule has 1 unspecified atom stereocenters. The molecular formula is C17H20N2O4. The molecule has 1 aromatic carbocycles. The number of aromatic nitrogens is 1. The van der Waals surface area contributed by atoms with E-state index in [-0.39, 0.29) is 19.1 Å². The maximum absolute atomic E-state index is 12.7. The molecule has 0 radical (unpaired) electrons. The molecule has 1 aliphatic rings. The summed E-state index contributed by atoms with van der Waals surface area (Å²) in [7, 11) is 1.49. The van der Waals surface area contributed by atoms with Crippen molar-refractivity contribution >= 4 is 22.8 Å². The van der Waals surface area contributed by atoms with Crippen LogP contribution in [-0.2, 0) is 9.53 Å². The second-order valence-electron chi connectivity index (χ2n) is 6.12. The SMILES string of the molecule is COCC1(C(=O)O)CCCN(C(=O)c2cc3ccccc3[nH]2)C1. The molecule has 2 aromatic rings. The molecule has 1 atom stereocenters. The number of carbonyl (C=O) groups is 2. The maximum atomic E-state index is 12.7. The quantitative estimate of drug-likeness (QED) is 0.905. The van der Waals surface area contributed by atoms with Gasteiger partial charge in [0, 0.05) is 31.1 Å². The molecule has 122 valence electrons. The zero-order valence-electron chi connectivity index (χ0n) is 13.0. The summed E-state index contributed by atoms with van der Waals surface area (Å²) in [6, 6.07) is 9.48. The van der Waals surface area contributed by atoms with Crippen molar-refractivity contribution in [3.05, 3.63) is 36.0 Å². The van der Waals surface area contributed by atoms with Crippen molar-refractivity contribution in [1.29, 1.82) is 0 Å². The number of aliphatic carboxylic acids is 1. The Morgan fingerprint density at radius 3 is 2.87 bits per heavy atom. The minimum Gasteiger partial charge on any atom is -0.481 e. The van der Waals surface area contributed by atoms with E-state index in [0.717, 1.165) is 10.9 Å². The molecule has 0 aliphatic carbocycles. The minimum atomic E-state index is -1.02. The summed E-state index contributed by atoms with van der Waals surface area (Å²) in [5, 5.41) is 10.5. The van der Waals surface area contributed by atoms with Gasteiger partial charge in [0.15, 0.2) is 0 Å². The Labute approximate surface area is 134 Å². The lowest BCUT2D eigenvalue weighted by Gasteiger charge is -2.39. The number of hydrogen-bond donors (Lipinski definition) is 2. The Balaban J connectivity index is 1.85. The van der Waals surface area contributed by atoms with E-state index in [1.54, 1.807) is 4.90 Å². The molecule has 6 heteroatoms. The third kappa shape index (κ3) is 2.82. The second kappa shape index (κ2) is 6.04. The first-order chi connectivity index (χ1) is 11.1. The molecule has 3 rings (SSSR count). The van der Waals surface area contributed by atoms with Crippen molar-refractivity contribution in [1.82, 2.24) is 9.88 Å². The van der Waals surface area contributed by atoms with Gasteiger partial charge in [0.05, 0.1) is 6.61 Å². The molecule has 0 saturated carbocycles. The summed E-state index contributed by atoms with van der Waals surface area (Å²) in [5.74, 6) is -1.07. The van der Waals surface area contributed by atoms with Crippen molar-refractivity contribution in [3.63, 3.8) is 0 Å². The van der Waals surface area contributed by atoms with E-state index in [0.29, 0.717) is 25.1 Å². The van der Waals surface area contributed by atoms with Crippen LogP contribution in [0.1, 0.15) is 23.3 Å². The Morgan fingerprint density at radius 2 is 2.17 bits per heavy atom. The lowest BCUT2D eigenvalue weighted by Crippen LogP contribution is -2.52. The monoisotopic (exact) mass is 316 g/mol. The first-order valence-corrected chi connectivity index (χ1v) is 7.65. The molecule has 2 heterocycles. The standard InChI is InChI=1S/C17H20N2O4/c1-23-11-17(16(21)22)7-4-8-19(10-17)15(20)14-9-12-5-2-3-6-13(12)18-14/h2-3,5-6,9,18H,4,7-8,10-11H2,1H3,(H,21,22). The lowest BCUT2D eigenvalue weighted by atomic mass is 9.80. The van der Waals surface area contributed by atoms with E-state index in [9.17, 15) is 14.7 Å². The van der Waals surface area contributed by atoms with Gasteiger partial charge in [-0.3, -0.25) is 9.59 Å². The molecule has 1 saturated heterocycles. The fourth-order valence-electron chi connectivity index (χ4n) is 3.29. The number of amides is 1. The van der Waals surface area contributed by atoms with Crippen LogP contribution in [0.3, 0.4) is 0 Å². The fraction of sp³-hybridized carbons (Fsp3) is 0.412. The molecule has 1 amide bonds. The van der Waals surface area contributed by atoms with E-state index < -0.39 is 11.4 Å². The van der Waals surface area contributed by atoms with Crippen molar-refractivity contribution in [2.45, 2.75) is 12.8 Å². The summed E-state index contributed by atoms with van der Waals surface area (Å²) < 4.78 is 5.10. The normalized spacial score (nSPS) is 21.5. The molecule has 0 spiro atoms. The van der Waals surface area contributed by atoms with Gasteiger partial charge in [-0.1, -0.05) is 18.2 Å². The second-order valence-corrected chi connectivity index (χ2v) is 6.12. The Morgan fingerprint density at radius 1 is 1.39 bits per heavy atom. The lowest BCUT2D eigenvalue weighted by molar-refractivity contribution is -0.155. The number of nitrogens with one attached hydrogen (secondary N) is 1. The highest BCUT2D eigenvalue weighted by atomic mass is 16.5. The van der Waals surface area contributed by atoms with Crippen LogP contribution in [-0.4, -0.2) is 53.7 Å². The number of piperidine rings is 1. The van der Waals surface area contributed by atoms with Crippen LogP contribution in [0.15, 0.2) is 30.3 Å². The average molecular weight is 316 g/mol. The number of benzene rings is 1. The summed E-state index contributed by atoms with van der Waals surface area (Å²) in [6.07, 6.45) is 1.17. The van der Waals surface area contributed by atoms with E-state index in [1.165, 1.54) is 7.11 Å². The van der Waals surface area contributed by atoms with E-state index in [4.69, 9.17) is 4.74 Å². The largest absolute Gasteiger partial charge is 0.481 e.